The standard InChI is InChI=1S/C25H22N4O5/c1-29-23(24(31)32)16(14-28-29)13-27-22(30)11-6-12-26-25(33)34-15-21-19-9-4-2-7-17(19)18-8-3-5-10-20(18)21/h2-5,7-10,14,21H,12-13,15H2,1H3,(H,26,33)(H,27,30)(H,31,32). The second kappa shape index (κ2) is 9.92. The first kappa shape index (κ1) is 22.6. The third-order valence-corrected chi connectivity index (χ3v) is 5.52. The molecule has 0 saturated heterocycles. The third kappa shape index (κ3) is 4.76. The number of rotatable bonds is 6. The van der Waals surface area contributed by atoms with Gasteiger partial charge in [0.15, 0.2) is 5.69 Å². The lowest BCUT2D eigenvalue weighted by atomic mass is 9.98. The highest BCUT2D eigenvalue weighted by Crippen LogP contribution is 2.44. The van der Waals surface area contributed by atoms with Crippen molar-refractivity contribution in [2.75, 3.05) is 13.2 Å². The first-order valence-electron chi connectivity index (χ1n) is 10.6. The molecule has 0 fully saturated rings. The molecule has 3 N–H and O–H groups in total. The molecule has 172 valence electrons. The molecule has 2 amide bonds. The molecule has 0 aliphatic heterocycles. The Labute approximate surface area is 195 Å². The van der Waals surface area contributed by atoms with Gasteiger partial charge in [0.1, 0.15) is 6.61 Å². The molecule has 0 bridgehead atoms. The SMILES string of the molecule is Cn1ncc(CNC(=O)C#CCNC(=O)OCC2c3ccccc3-c3ccccc32)c1C(=O)O. The second-order valence-electron chi connectivity index (χ2n) is 7.61. The van der Waals surface area contributed by atoms with Crippen LogP contribution in [-0.4, -0.2) is 46.0 Å². The van der Waals surface area contributed by atoms with Crippen LogP contribution in [0.15, 0.2) is 54.7 Å². The predicted molar refractivity (Wildman–Crippen MR) is 123 cm³/mol. The quantitative estimate of drug-likeness (QED) is 0.487. The summed E-state index contributed by atoms with van der Waals surface area (Å²) in [5.41, 5.74) is 4.88. The van der Waals surface area contributed by atoms with Crippen molar-refractivity contribution in [3.63, 3.8) is 0 Å². The zero-order valence-electron chi connectivity index (χ0n) is 18.4. The first-order chi connectivity index (χ1) is 16.5. The number of benzene rings is 2. The van der Waals surface area contributed by atoms with Gasteiger partial charge in [-0.05, 0) is 28.2 Å². The Kier molecular flexibility index (Phi) is 6.59. The van der Waals surface area contributed by atoms with Crippen LogP contribution < -0.4 is 10.6 Å². The molecule has 0 unspecified atom stereocenters. The molecule has 3 aromatic rings. The van der Waals surface area contributed by atoms with Crippen molar-refractivity contribution >= 4 is 18.0 Å². The number of carboxylic acids is 1. The molecule has 0 radical (unpaired) electrons. The molecule has 0 saturated carbocycles. The number of carbonyl (C=O) groups excluding carboxylic acids is 2. The maximum atomic E-state index is 12.1. The summed E-state index contributed by atoms with van der Waals surface area (Å²) in [6.07, 6.45) is 0.744. The van der Waals surface area contributed by atoms with E-state index in [2.05, 4.69) is 39.7 Å². The average molecular weight is 458 g/mol. The number of carbonyl (C=O) groups is 3. The Morgan fingerprint density at radius 2 is 1.71 bits per heavy atom. The summed E-state index contributed by atoms with van der Waals surface area (Å²) in [5.74, 6) is 3.10. The van der Waals surface area contributed by atoms with Crippen LogP contribution in [0.3, 0.4) is 0 Å². The van der Waals surface area contributed by atoms with E-state index in [1.165, 1.54) is 17.9 Å². The Morgan fingerprint density at radius 3 is 2.35 bits per heavy atom. The third-order valence-electron chi connectivity index (χ3n) is 5.52. The molecular weight excluding hydrogens is 436 g/mol. The molecule has 34 heavy (non-hydrogen) atoms. The second-order valence-corrected chi connectivity index (χ2v) is 7.61. The summed E-state index contributed by atoms with van der Waals surface area (Å²) < 4.78 is 6.62. The molecule has 1 aromatic heterocycles. The van der Waals surface area contributed by atoms with E-state index in [9.17, 15) is 19.5 Å². The number of alkyl carbamates (subject to hydrolysis) is 1. The lowest BCUT2D eigenvalue weighted by Gasteiger charge is -2.14. The van der Waals surface area contributed by atoms with Crippen molar-refractivity contribution in [2.45, 2.75) is 12.5 Å². The summed E-state index contributed by atoms with van der Waals surface area (Å²) in [5, 5.41) is 18.1. The number of amides is 2. The van der Waals surface area contributed by atoms with Gasteiger partial charge in [-0.25, -0.2) is 9.59 Å². The van der Waals surface area contributed by atoms with E-state index in [4.69, 9.17) is 4.74 Å². The van der Waals surface area contributed by atoms with Crippen LogP contribution >= 0.6 is 0 Å². The molecule has 4 rings (SSSR count). The minimum absolute atomic E-state index is 0.00909. The Bertz CT molecular complexity index is 1270. The van der Waals surface area contributed by atoms with Crippen LogP contribution in [-0.2, 0) is 23.1 Å². The summed E-state index contributed by atoms with van der Waals surface area (Å²) in [4.78, 5) is 35.2. The number of aryl methyl sites for hydroxylation is 1. The normalized spacial score (nSPS) is 11.6. The number of aromatic nitrogens is 2. The maximum Gasteiger partial charge on any atom is 0.407 e. The van der Waals surface area contributed by atoms with Gasteiger partial charge in [-0.1, -0.05) is 54.5 Å². The number of nitrogens with one attached hydrogen (secondary N) is 2. The highest BCUT2D eigenvalue weighted by Gasteiger charge is 2.28. The molecule has 1 aliphatic carbocycles. The van der Waals surface area contributed by atoms with Crippen molar-refractivity contribution in [1.82, 2.24) is 20.4 Å². The number of fused-ring (bicyclic) bond motifs is 3. The molecule has 1 aliphatic rings. The molecule has 0 spiro atoms. The molecule has 1 heterocycles. The van der Waals surface area contributed by atoms with Crippen molar-refractivity contribution in [2.24, 2.45) is 7.05 Å². The Balaban J connectivity index is 1.24. The number of carboxylic acid groups (broad SMARTS) is 1. The van der Waals surface area contributed by atoms with Crippen LogP contribution in [0.1, 0.15) is 33.1 Å². The van der Waals surface area contributed by atoms with Crippen LogP contribution in [0.4, 0.5) is 4.79 Å². The van der Waals surface area contributed by atoms with Crippen LogP contribution in [0.25, 0.3) is 11.1 Å². The molecule has 2 aromatic carbocycles. The van der Waals surface area contributed by atoms with Gasteiger partial charge in [0.25, 0.3) is 5.91 Å². The van der Waals surface area contributed by atoms with Crippen molar-refractivity contribution in [3.05, 3.63) is 77.1 Å². The fourth-order valence-corrected chi connectivity index (χ4v) is 4.00. The summed E-state index contributed by atoms with van der Waals surface area (Å²) in [7, 11) is 1.50. The fourth-order valence-electron chi connectivity index (χ4n) is 4.00. The Morgan fingerprint density at radius 1 is 1.06 bits per heavy atom. The van der Waals surface area contributed by atoms with Gasteiger partial charge >= 0.3 is 12.1 Å². The maximum absolute atomic E-state index is 12.1. The molecule has 9 heteroatoms. The smallest absolute Gasteiger partial charge is 0.407 e. The first-order valence-corrected chi connectivity index (χ1v) is 10.6. The largest absolute Gasteiger partial charge is 0.477 e. The predicted octanol–water partition coefficient (Wildman–Crippen LogP) is 2.28. The summed E-state index contributed by atoms with van der Waals surface area (Å²) in [6.45, 7) is 0.0882. The van der Waals surface area contributed by atoms with E-state index in [1.807, 2.05) is 36.4 Å². The van der Waals surface area contributed by atoms with E-state index in [0.717, 1.165) is 22.3 Å². The van der Waals surface area contributed by atoms with Crippen molar-refractivity contribution in [1.29, 1.82) is 0 Å². The summed E-state index contributed by atoms with van der Waals surface area (Å²) in [6, 6.07) is 16.1. The van der Waals surface area contributed by atoms with Gasteiger partial charge in [0.05, 0.1) is 12.7 Å². The summed E-state index contributed by atoms with van der Waals surface area (Å²) >= 11 is 0. The van der Waals surface area contributed by atoms with Crippen LogP contribution in [0, 0.1) is 11.8 Å². The fraction of sp³-hybridized carbons (Fsp3) is 0.200. The topological polar surface area (TPSA) is 123 Å². The van der Waals surface area contributed by atoms with E-state index in [1.54, 1.807) is 0 Å². The van der Waals surface area contributed by atoms with Gasteiger partial charge in [-0.2, -0.15) is 5.10 Å². The zero-order valence-corrected chi connectivity index (χ0v) is 18.4. The molecule has 0 atom stereocenters. The number of nitrogens with zero attached hydrogens (tertiary/aromatic N) is 2. The number of ether oxygens (including phenoxy) is 1. The monoisotopic (exact) mass is 458 g/mol. The zero-order chi connectivity index (χ0) is 24.1. The van der Waals surface area contributed by atoms with Crippen molar-refractivity contribution in [3.8, 4) is 23.0 Å². The molecule has 9 nitrogen and oxygen atoms in total. The lowest BCUT2D eigenvalue weighted by molar-refractivity contribution is -0.115. The highest BCUT2D eigenvalue weighted by molar-refractivity contribution is 5.94. The average Bonchev–Trinajstić information content (AvgIpc) is 3.36. The van der Waals surface area contributed by atoms with E-state index in [-0.39, 0.29) is 31.3 Å². The lowest BCUT2D eigenvalue weighted by Crippen LogP contribution is -2.27. The van der Waals surface area contributed by atoms with Gasteiger partial charge < -0.3 is 20.5 Å². The minimum Gasteiger partial charge on any atom is -0.477 e. The Hall–Kier alpha value is -4.58. The number of hydrogen-bond donors (Lipinski definition) is 3. The number of hydrogen-bond acceptors (Lipinski definition) is 5. The van der Waals surface area contributed by atoms with Gasteiger partial charge in [0.2, 0.25) is 0 Å². The van der Waals surface area contributed by atoms with E-state index < -0.39 is 18.0 Å². The van der Waals surface area contributed by atoms with Crippen LogP contribution in [0.5, 0.6) is 0 Å². The van der Waals surface area contributed by atoms with E-state index >= 15 is 0 Å². The minimum atomic E-state index is -1.14. The molecular formula is C25H22N4O5. The van der Waals surface area contributed by atoms with E-state index in [0.29, 0.717) is 5.56 Å². The highest BCUT2D eigenvalue weighted by atomic mass is 16.5. The van der Waals surface area contributed by atoms with Gasteiger partial charge in [0, 0.05) is 25.1 Å². The number of aromatic carboxylic acids is 1. The van der Waals surface area contributed by atoms with Crippen molar-refractivity contribution < 1.29 is 24.2 Å². The van der Waals surface area contributed by atoms with Crippen LogP contribution in [0.2, 0.25) is 0 Å². The van der Waals surface area contributed by atoms with Gasteiger partial charge in [-0.15, -0.1) is 0 Å². The van der Waals surface area contributed by atoms with Gasteiger partial charge in [-0.3, -0.25) is 9.48 Å².